The summed E-state index contributed by atoms with van der Waals surface area (Å²) in [7, 11) is 9.41. The highest BCUT2D eigenvalue weighted by molar-refractivity contribution is 5.77. The van der Waals surface area contributed by atoms with Gasteiger partial charge < -0.3 is 63.6 Å². The van der Waals surface area contributed by atoms with E-state index in [9.17, 15) is 42.5 Å². The predicted molar refractivity (Wildman–Crippen MR) is 244 cm³/mol. The highest BCUT2D eigenvalue weighted by Gasteiger charge is 2.29. The van der Waals surface area contributed by atoms with E-state index in [2.05, 4.69) is 19.9 Å². The van der Waals surface area contributed by atoms with E-state index in [1.165, 1.54) is 41.7 Å². The Hall–Kier alpha value is -7.16. The number of esters is 8. The first-order chi connectivity index (χ1) is 34.7. The zero-order valence-electron chi connectivity index (χ0n) is 44.0. The SMILES string of the molecule is [2H]C(c1[nH]cc(CCC(=O)OC)c1CC(=O)OC)c1[nH]c(C([2H])c2[nH]c(C([2H])c3[nH]c([C@@H]([2H])N)c(CC(=O)OC)c3CCC(=O)OC)c(CC(=O)OC)c2CCC(=O)OC)c(CC(=O)OC)c1CCC(=O)OC. The number of hydrogen-bond donors (Lipinski definition) is 5. The standard InChI is InChI=1S/C48H63N5O16/c1-62-41(54)13-9-26-25-50-34(30(26)17-45(58)66-5)21-35-27(10-14-42(55)63-2)31(18-46(59)67-6)38(51-35)22-36-28(11-15-43(56)64-3)32(19-47(60)68-7)39(52-36)23-37-29(12-16-44(57)65-4)33(20-48(61)69-8)40(24-49)53-37/h25,50-53H,9-24,49H2,1-8H3/i21D,22D,23D,24D/t21?,22?,23?,24-/m1/s1. The lowest BCUT2D eigenvalue weighted by molar-refractivity contribution is -0.141. The number of aryl methyl sites for hydroxylation is 1. The third-order valence-corrected chi connectivity index (χ3v) is 11.4. The summed E-state index contributed by atoms with van der Waals surface area (Å²) < 4.78 is 77.8. The number of carbonyl (C=O) groups is 8. The lowest BCUT2D eigenvalue weighted by atomic mass is 9.94. The summed E-state index contributed by atoms with van der Waals surface area (Å²) in [6.45, 7) is -1.47. The second-order valence-corrected chi connectivity index (χ2v) is 15.4. The number of ether oxygens (including phenoxy) is 8. The molecule has 0 fully saturated rings. The van der Waals surface area contributed by atoms with Gasteiger partial charge in [0.2, 0.25) is 0 Å². The number of rotatable bonds is 27. The number of methoxy groups -OCH3 is 8. The molecule has 4 atom stereocenters. The smallest absolute Gasteiger partial charge is 0.310 e. The highest BCUT2D eigenvalue weighted by Crippen LogP contribution is 2.33. The molecular formula is C48H63N5O16. The Kier molecular flexibility index (Phi) is 18.5. The topological polar surface area (TPSA) is 300 Å². The number of hydrogen-bond acceptors (Lipinski definition) is 17. The van der Waals surface area contributed by atoms with Gasteiger partial charge in [0.05, 0.1) is 82.6 Å². The molecule has 0 bridgehead atoms. The quantitative estimate of drug-likeness (QED) is 0.0424. The van der Waals surface area contributed by atoms with E-state index >= 15 is 0 Å². The van der Waals surface area contributed by atoms with E-state index in [0.29, 0.717) is 11.1 Å². The molecule has 69 heavy (non-hydrogen) atoms. The van der Waals surface area contributed by atoms with Crippen LogP contribution in [-0.2, 0) is 153 Å². The van der Waals surface area contributed by atoms with Gasteiger partial charge in [0.1, 0.15) is 0 Å². The minimum atomic E-state index is -1.63. The first-order valence-electron chi connectivity index (χ1n) is 23.9. The lowest BCUT2D eigenvalue weighted by Crippen LogP contribution is -2.11. The fraction of sp³-hybridized carbons (Fsp3) is 0.500. The summed E-state index contributed by atoms with van der Waals surface area (Å²) in [6, 6.07) is 0. The number of nitrogens with one attached hydrogen (secondary N) is 4. The van der Waals surface area contributed by atoms with Gasteiger partial charge in [0, 0.05) is 103 Å². The molecule has 0 aliphatic rings. The number of aromatic amines is 4. The van der Waals surface area contributed by atoms with Gasteiger partial charge >= 0.3 is 47.8 Å². The van der Waals surface area contributed by atoms with Gasteiger partial charge in [-0.1, -0.05) is 0 Å². The maximum Gasteiger partial charge on any atom is 0.310 e. The normalized spacial score (nSPS) is 13.6. The van der Waals surface area contributed by atoms with Crippen LogP contribution in [0.1, 0.15) is 116 Å². The number of aromatic nitrogens is 4. The van der Waals surface area contributed by atoms with Crippen LogP contribution in [0.3, 0.4) is 0 Å². The zero-order valence-corrected chi connectivity index (χ0v) is 40.0. The van der Waals surface area contributed by atoms with E-state index in [-0.39, 0.29) is 131 Å². The maximum atomic E-state index is 13.3. The van der Waals surface area contributed by atoms with Crippen molar-refractivity contribution in [2.24, 2.45) is 5.73 Å². The minimum Gasteiger partial charge on any atom is -0.469 e. The van der Waals surface area contributed by atoms with Crippen molar-refractivity contribution < 1.29 is 81.7 Å². The summed E-state index contributed by atoms with van der Waals surface area (Å²) in [4.78, 5) is 115. The van der Waals surface area contributed by atoms with E-state index in [0.717, 1.165) is 21.3 Å². The van der Waals surface area contributed by atoms with Crippen molar-refractivity contribution in [1.29, 1.82) is 0 Å². The molecule has 376 valence electrons. The van der Waals surface area contributed by atoms with Crippen LogP contribution < -0.4 is 5.73 Å². The lowest BCUT2D eigenvalue weighted by Gasteiger charge is -2.10. The number of H-pyrrole nitrogens is 4. The molecule has 0 radical (unpaired) electrons. The van der Waals surface area contributed by atoms with E-state index < -0.39 is 92.7 Å². The van der Waals surface area contributed by atoms with Crippen molar-refractivity contribution in [1.82, 2.24) is 19.9 Å². The summed E-state index contributed by atoms with van der Waals surface area (Å²) >= 11 is 0. The molecule has 4 heterocycles. The average Bonchev–Trinajstić information content (AvgIpc) is 4.16. The molecule has 4 rings (SSSR count). The largest absolute Gasteiger partial charge is 0.469 e. The van der Waals surface area contributed by atoms with Gasteiger partial charge in [-0.05, 0) is 70.2 Å². The van der Waals surface area contributed by atoms with Gasteiger partial charge in [-0.3, -0.25) is 38.4 Å². The van der Waals surface area contributed by atoms with Crippen molar-refractivity contribution in [3.05, 3.63) is 90.6 Å². The van der Waals surface area contributed by atoms with Crippen molar-refractivity contribution >= 4 is 47.8 Å². The second-order valence-electron chi connectivity index (χ2n) is 15.4. The molecule has 0 aliphatic carbocycles. The van der Waals surface area contributed by atoms with Gasteiger partial charge in [-0.25, -0.2) is 0 Å². The molecule has 6 N–H and O–H groups in total. The molecule has 0 aromatic carbocycles. The molecular weight excluding hydrogens is 903 g/mol. The molecule has 4 aromatic rings. The van der Waals surface area contributed by atoms with Gasteiger partial charge in [-0.2, -0.15) is 0 Å². The van der Waals surface area contributed by atoms with Gasteiger partial charge in [0.15, 0.2) is 0 Å². The monoisotopic (exact) mass is 969 g/mol. The maximum absolute atomic E-state index is 13.3. The Morgan fingerprint density at radius 1 is 0.391 bits per heavy atom. The van der Waals surface area contributed by atoms with Crippen molar-refractivity contribution in [3.63, 3.8) is 0 Å². The third-order valence-electron chi connectivity index (χ3n) is 11.4. The Bertz CT molecular complexity index is 2650. The molecule has 3 unspecified atom stereocenters. The summed E-state index contributed by atoms with van der Waals surface area (Å²) in [5, 5.41) is 0. The highest BCUT2D eigenvalue weighted by atomic mass is 16.5. The molecule has 21 nitrogen and oxygen atoms in total. The fourth-order valence-electron chi connectivity index (χ4n) is 7.78. The van der Waals surface area contributed by atoms with Crippen LogP contribution in [0.15, 0.2) is 6.20 Å². The van der Waals surface area contributed by atoms with Crippen molar-refractivity contribution in [2.75, 3.05) is 56.9 Å². The van der Waals surface area contributed by atoms with Crippen molar-refractivity contribution in [3.8, 4) is 0 Å². The van der Waals surface area contributed by atoms with Crippen LogP contribution >= 0.6 is 0 Å². The van der Waals surface area contributed by atoms with Crippen LogP contribution in [0.5, 0.6) is 0 Å². The minimum absolute atomic E-state index is 0.00115. The molecule has 4 aromatic heterocycles. The molecule has 0 saturated carbocycles. The average molecular weight is 970 g/mol. The van der Waals surface area contributed by atoms with Crippen LogP contribution in [0.2, 0.25) is 0 Å². The van der Waals surface area contributed by atoms with Gasteiger partial charge in [-0.15, -0.1) is 0 Å². The van der Waals surface area contributed by atoms with Crippen molar-refractivity contribution in [2.45, 2.75) is 103 Å². The number of carbonyl (C=O) groups excluding carboxylic acids is 8. The Morgan fingerprint density at radius 2 is 0.667 bits per heavy atom. The molecule has 0 saturated heterocycles. The molecule has 0 amide bonds. The zero-order chi connectivity index (χ0) is 54.3. The van der Waals surface area contributed by atoms with E-state index in [1.807, 2.05) is 0 Å². The van der Waals surface area contributed by atoms with Crippen LogP contribution in [0.25, 0.3) is 0 Å². The first-order valence-corrected chi connectivity index (χ1v) is 21.6. The van der Waals surface area contributed by atoms with Crippen LogP contribution in [-0.4, -0.2) is 125 Å². The van der Waals surface area contributed by atoms with E-state index in [1.54, 1.807) is 0 Å². The second kappa shape index (κ2) is 26.4. The predicted octanol–water partition coefficient (Wildman–Crippen LogP) is 2.51. The molecule has 0 spiro atoms. The molecule has 21 heteroatoms. The summed E-state index contributed by atoms with van der Waals surface area (Å²) in [5.74, 6) is -5.41. The van der Waals surface area contributed by atoms with E-state index in [4.69, 9.17) is 45.0 Å². The summed E-state index contributed by atoms with van der Waals surface area (Å²) in [5.41, 5.74) is 8.36. The Morgan fingerprint density at radius 3 is 1.00 bits per heavy atom. The summed E-state index contributed by atoms with van der Waals surface area (Å²) in [6.07, 6.45) is -6.03. The van der Waals surface area contributed by atoms with Crippen LogP contribution in [0.4, 0.5) is 0 Å². The first kappa shape index (κ1) is 48.3. The number of nitrogens with two attached hydrogens (primary N) is 1. The fourth-order valence-corrected chi connectivity index (χ4v) is 7.78. The van der Waals surface area contributed by atoms with Gasteiger partial charge in [0.25, 0.3) is 0 Å². The van der Waals surface area contributed by atoms with Crippen LogP contribution in [0, 0.1) is 0 Å². The Labute approximate surface area is 404 Å². The molecule has 0 aliphatic heterocycles. The Balaban J connectivity index is 2.13. The third kappa shape index (κ3) is 14.7.